The third kappa shape index (κ3) is 2.09. The molecule has 0 atom stereocenters. The number of hydrogen-bond acceptors (Lipinski definition) is 4. The van der Waals surface area contributed by atoms with Crippen molar-refractivity contribution in [3.05, 3.63) is 5.82 Å². The molecule has 1 fully saturated rings. The van der Waals surface area contributed by atoms with Crippen molar-refractivity contribution in [1.29, 1.82) is 0 Å². The summed E-state index contributed by atoms with van der Waals surface area (Å²) in [5.41, 5.74) is 5.52. The van der Waals surface area contributed by atoms with Gasteiger partial charge in [-0.25, -0.2) is 4.68 Å². The van der Waals surface area contributed by atoms with Crippen molar-refractivity contribution in [1.82, 2.24) is 20.2 Å². The first-order valence-corrected chi connectivity index (χ1v) is 5.35. The van der Waals surface area contributed by atoms with Gasteiger partial charge in [0, 0.05) is 6.54 Å². The predicted molar refractivity (Wildman–Crippen MR) is 52.3 cm³/mol. The van der Waals surface area contributed by atoms with Crippen molar-refractivity contribution >= 4 is 0 Å². The molecule has 1 aliphatic rings. The number of nitrogens with zero attached hydrogens (tertiary/aromatic N) is 4. The van der Waals surface area contributed by atoms with Gasteiger partial charge in [-0.2, -0.15) is 0 Å². The molecule has 5 heteroatoms. The smallest absolute Gasteiger partial charge is 0.164 e. The molecular formula is C9H17N5. The minimum absolute atomic E-state index is 0.428. The Morgan fingerprint density at radius 2 is 2.14 bits per heavy atom. The van der Waals surface area contributed by atoms with Crippen LogP contribution < -0.4 is 5.73 Å². The van der Waals surface area contributed by atoms with Gasteiger partial charge in [-0.3, -0.25) is 0 Å². The molecule has 1 saturated carbocycles. The standard InChI is InChI=1S/C9H17N5/c10-7-9-11-12-13-14(9)6-5-8-3-1-2-4-8/h8H,1-7,10H2. The molecule has 1 aliphatic carbocycles. The van der Waals surface area contributed by atoms with E-state index in [2.05, 4.69) is 15.5 Å². The summed E-state index contributed by atoms with van der Waals surface area (Å²) in [7, 11) is 0. The second kappa shape index (κ2) is 4.50. The largest absolute Gasteiger partial charge is 0.324 e. The summed E-state index contributed by atoms with van der Waals surface area (Å²) >= 11 is 0. The maximum atomic E-state index is 5.52. The topological polar surface area (TPSA) is 69.6 Å². The molecule has 1 aromatic rings. The molecule has 0 amide bonds. The highest BCUT2D eigenvalue weighted by Crippen LogP contribution is 2.27. The summed E-state index contributed by atoms with van der Waals surface area (Å²) in [5, 5.41) is 11.4. The molecule has 0 spiro atoms. The van der Waals surface area contributed by atoms with Crippen LogP contribution in [0.3, 0.4) is 0 Å². The average molecular weight is 195 g/mol. The summed E-state index contributed by atoms with van der Waals surface area (Å²) in [5.74, 6) is 1.67. The van der Waals surface area contributed by atoms with Gasteiger partial charge in [-0.1, -0.05) is 25.7 Å². The monoisotopic (exact) mass is 195 g/mol. The summed E-state index contributed by atoms with van der Waals surface area (Å²) in [6.07, 6.45) is 6.73. The summed E-state index contributed by atoms with van der Waals surface area (Å²) in [6.45, 7) is 1.35. The van der Waals surface area contributed by atoms with E-state index in [1.54, 1.807) is 0 Å². The van der Waals surface area contributed by atoms with Crippen LogP contribution in [-0.2, 0) is 13.1 Å². The van der Waals surface area contributed by atoms with Crippen LogP contribution in [0.15, 0.2) is 0 Å². The van der Waals surface area contributed by atoms with E-state index in [9.17, 15) is 0 Å². The molecule has 78 valence electrons. The van der Waals surface area contributed by atoms with Crippen LogP contribution in [0.4, 0.5) is 0 Å². The molecule has 1 heterocycles. The first kappa shape index (κ1) is 9.58. The lowest BCUT2D eigenvalue weighted by molar-refractivity contribution is 0.427. The van der Waals surface area contributed by atoms with Gasteiger partial charge in [0.15, 0.2) is 5.82 Å². The Kier molecular flexibility index (Phi) is 3.08. The number of aryl methyl sites for hydroxylation is 1. The Hall–Kier alpha value is -0.970. The van der Waals surface area contributed by atoms with Gasteiger partial charge in [-0.05, 0) is 22.8 Å². The average Bonchev–Trinajstić information content (AvgIpc) is 2.85. The molecule has 2 N–H and O–H groups in total. The van der Waals surface area contributed by atoms with Gasteiger partial charge >= 0.3 is 0 Å². The van der Waals surface area contributed by atoms with Gasteiger partial charge < -0.3 is 5.73 Å². The van der Waals surface area contributed by atoms with E-state index in [1.165, 1.54) is 32.1 Å². The van der Waals surface area contributed by atoms with Crippen molar-refractivity contribution < 1.29 is 0 Å². The maximum Gasteiger partial charge on any atom is 0.164 e. The third-order valence-corrected chi connectivity index (χ3v) is 3.01. The second-order valence-electron chi connectivity index (χ2n) is 3.96. The van der Waals surface area contributed by atoms with Crippen molar-refractivity contribution in [2.45, 2.75) is 45.2 Å². The molecule has 0 radical (unpaired) electrons. The zero-order valence-corrected chi connectivity index (χ0v) is 8.39. The molecule has 0 bridgehead atoms. The van der Waals surface area contributed by atoms with Crippen molar-refractivity contribution in [2.24, 2.45) is 11.7 Å². The molecule has 2 rings (SSSR count). The van der Waals surface area contributed by atoms with E-state index in [0.29, 0.717) is 6.54 Å². The van der Waals surface area contributed by atoms with Crippen LogP contribution in [0.25, 0.3) is 0 Å². The Labute approximate surface area is 83.7 Å². The molecule has 14 heavy (non-hydrogen) atoms. The Morgan fingerprint density at radius 3 is 2.86 bits per heavy atom. The predicted octanol–water partition coefficient (Wildman–Crippen LogP) is 0.712. The molecule has 0 saturated heterocycles. The zero-order chi connectivity index (χ0) is 9.80. The van der Waals surface area contributed by atoms with E-state index >= 15 is 0 Å². The Morgan fingerprint density at radius 1 is 1.36 bits per heavy atom. The van der Waals surface area contributed by atoms with Gasteiger partial charge in [0.2, 0.25) is 0 Å². The summed E-state index contributed by atoms with van der Waals surface area (Å²) < 4.78 is 1.83. The van der Waals surface area contributed by atoms with E-state index in [4.69, 9.17) is 5.73 Å². The van der Waals surface area contributed by atoms with Crippen LogP contribution in [0.5, 0.6) is 0 Å². The minimum Gasteiger partial charge on any atom is -0.324 e. The number of rotatable bonds is 4. The summed E-state index contributed by atoms with van der Waals surface area (Å²) in [4.78, 5) is 0. The highest BCUT2D eigenvalue weighted by molar-refractivity contribution is 4.78. The minimum atomic E-state index is 0.428. The summed E-state index contributed by atoms with van der Waals surface area (Å²) in [6, 6.07) is 0. The molecule has 1 aromatic heterocycles. The van der Waals surface area contributed by atoms with Gasteiger partial charge in [0.05, 0.1) is 6.54 Å². The van der Waals surface area contributed by atoms with Gasteiger partial charge in [-0.15, -0.1) is 5.10 Å². The number of hydrogen-bond donors (Lipinski definition) is 1. The van der Waals surface area contributed by atoms with Crippen LogP contribution in [0.1, 0.15) is 37.9 Å². The van der Waals surface area contributed by atoms with Crippen LogP contribution >= 0.6 is 0 Å². The van der Waals surface area contributed by atoms with E-state index < -0.39 is 0 Å². The fraction of sp³-hybridized carbons (Fsp3) is 0.889. The number of nitrogens with two attached hydrogens (primary N) is 1. The van der Waals surface area contributed by atoms with Crippen molar-refractivity contribution in [3.63, 3.8) is 0 Å². The number of tetrazole rings is 1. The van der Waals surface area contributed by atoms with E-state index in [1.807, 2.05) is 4.68 Å². The first-order chi connectivity index (χ1) is 6.90. The quantitative estimate of drug-likeness (QED) is 0.768. The normalized spacial score (nSPS) is 17.8. The third-order valence-electron chi connectivity index (χ3n) is 3.01. The Balaban J connectivity index is 1.84. The highest BCUT2D eigenvalue weighted by Gasteiger charge is 2.15. The lowest BCUT2D eigenvalue weighted by Gasteiger charge is -2.08. The van der Waals surface area contributed by atoms with Crippen LogP contribution in [0, 0.1) is 5.92 Å². The SMILES string of the molecule is NCc1nnnn1CCC1CCCC1. The molecule has 5 nitrogen and oxygen atoms in total. The second-order valence-corrected chi connectivity index (χ2v) is 3.96. The van der Waals surface area contributed by atoms with Crippen molar-refractivity contribution in [3.8, 4) is 0 Å². The fourth-order valence-corrected chi connectivity index (χ4v) is 2.15. The van der Waals surface area contributed by atoms with Crippen LogP contribution in [-0.4, -0.2) is 20.2 Å². The van der Waals surface area contributed by atoms with Gasteiger partial charge in [0.25, 0.3) is 0 Å². The fourth-order valence-electron chi connectivity index (χ4n) is 2.15. The lowest BCUT2D eigenvalue weighted by atomic mass is 10.0. The molecule has 0 aliphatic heterocycles. The van der Waals surface area contributed by atoms with Crippen molar-refractivity contribution in [2.75, 3.05) is 0 Å². The zero-order valence-electron chi connectivity index (χ0n) is 8.39. The van der Waals surface area contributed by atoms with E-state index in [0.717, 1.165) is 18.3 Å². The Bertz CT molecular complexity index is 276. The van der Waals surface area contributed by atoms with Gasteiger partial charge in [0.1, 0.15) is 0 Å². The first-order valence-electron chi connectivity index (χ1n) is 5.35. The molecule has 0 unspecified atom stereocenters. The molecule has 0 aromatic carbocycles. The maximum absolute atomic E-state index is 5.52. The molecular weight excluding hydrogens is 178 g/mol. The lowest BCUT2D eigenvalue weighted by Crippen LogP contribution is -2.12. The highest BCUT2D eigenvalue weighted by atomic mass is 15.5. The number of aromatic nitrogens is 4. The van der Waals surface area contributed by atoms with E-state index in [-0.39, 0.29) is 0 Å². The van der Waals surface area contributed by atoms with Crippen LogP contribution in [0.2, 0.25) is 0 Å².